The molecule has 0 heterocycles. The topological polar surface area (TPSA) is 32.3 Å². The summed E-state index contributed by atoms with van der Waals surface area (Å²) in [5, 5.41) is 13.7. The van der Waals surface area contributed by atoms with E-state index >= 15 is 0 Å². The van der Waals surface area contributed by atoms with Gasteiger partial charge in [0.1, 0.15) is 6.10 Å². The highest BCUT2D eigenvalue weighted by molar-refractivity contribution is 5.33. The molecular formula is C26H39NO. The third-order valence-corrected chi connectivity index (χ3v) is 4.93. The van der Waals surface area contributed by atoms with Crippen LogP contribution in [0.5, 0.6) is 0 Å². The number of aryl methyl sites for hydroxylation is 1. The summed E-state index contributed by atoms with van der Waals surface area (Å²) in [6.07, 6.45) is 11.9. The van der Waals surface area contributed by atoms with Crippen LogP contribution in [0.4, 0.5) is 0 Å². The van der Waals surface area contributed by atoms with Crippen molar-refractivity contribution < 1.29 is 5.11 Å². The van der Waals surface area contributed by atoms with Gasteiger partial charge >= 0.3 is 0 Å². The molecular weight excluding hydrogens is 342 g/mol. The van der Waals surface area contributed by atoms with Gasteiger partial charge in [0.25, 0.3) is 0 Å². The molecule has 0 amide bonds. The molecule has 2 heteroatoms. The van der Waals surface area contributed by atoms with Gasteiger partial charge in [-0.2, -0.15) is 0 Å². The monoisotopic (exact) mass is 381 g/mol. The Bertz CT molecular complexity index is 626. The van der Waals surface area contributed by atoms with Gasteiger partial charge in [-0.05, 0) is 43.7 Å². The SMILES string of the molecule is CCCCCCCCC[C@H](C#CC#C[C@@H](O)c1ccc(C)cc1)NCCCC. The fraction of sp³-hybridized carbons (Fsp3) is 0.615. The molecule has 28 heavy (non-hydrogen) atoms. The molecule has 1 aromatic carbocycles. The van der Waals surface area contributed by atoms with Gasteiger partial charge < -0.3 is 10.4 Å². The highest BCUT2D eigenvalue weighted by Crippen LogP contribution is 2.12. The summed E-state index contributed by atoms with van der Waals surface area (Å²) in [5.74, 6) is 11.9. The van der Waals surface area contributed by atoms with Crippen molar-refractivity contribution in [2.45, 2.75) is 97.1 Å². The molecule has 0 unspecified atom stereocenters. The van der Waals surface area contributed by atoms with Crippen LogP contribution in [0.25, 0.3) is 0 Å². The second-order valence-corrected chi connectivity index (χ2v) is 7.62. The standard InChI is InChI=1S/C26H39NO/c1-4-6-8-9-10-11-12-15-25(27-22-7-5-2)16-13-14-17-26(28)24-20-18-23(3)19-21-24/h18-21,25-28H,4-12,15,22H2,1-3H3/t25-,26-/m1/s1. The minimum atomic E-state index is -0.774. The molecule has 0 spiro atoms. The molecule has 0 saturated carbocycles. The summed E-state index contributed by atoms with van der Waals surface area (Å²) in [6.45, 7) is 7.50. The minimum absolute atomic E-state index is 0.202. The first-order valence-electron chi connectivity index (χ1n) is 11.2. The Labute approximate surface area is 173 Å². The smallest absolute Gasteiger partial charge is 0.141 e. The maximum absolute atomic E-state index is 10.2. The zero-order valence-corrected chi connectivity index (χ0v) is 18.2. The lowest BCUT2D eigenvalue weighted by molar-refractivity contribution is 0.238. The van der Waals surface area contributed by atoms with Crippen molar-refractivity contribution >= 4 is 0 Å². The molecule has 0 radical (unpaired) electrons. The van der Waals surface area contributed by atoms with Gasteiger partial charge in [0, 0.05) is 0 Å². The second kappa shape index (κ2) is 16.2. The summed E-state index contributed by atoms with van der Waals surface area (Å²) < 4.78 is 0. The van der Waals surface area contributed by atoms with Gasteiger partial charge in [0.15, 0.2) is 0 Å². The molecule has 0 aliphatic rings. The van der Waals surface area contributed by atoms with Crippen LogP contribution in [0.1, 0.15) is 95.3 Å². The van der Waals surface area contributed by atoms with Crippen molar-refractivity contribution in [3.8, 4) is 23.7 Å². The number of aliphatic hydroxyl groups excluding tert-OH is 1. The Morgan fingerprint density at radius 3 is 2.11 bits per heavy atom. The van der Waals surface area contributed by atoms with Gasteiger partial charge in [-0.25, -0.2) is 0 Å². The Kier molecular flexibility index (Phi) is 14.1. The van der Waals surface area contributed by atoms with Gasteiger partial charge in [0.05, 0.1) is 6.04 Å². The molecule has 2 atom stereocenters. The van der Waals surface area contributed by atoms with Crippen LogP contribution in [-0.4, -0.2) is 17.7 Å². The van der Waals surface area contributed by atoms with Crippen molar-refractivity contribution in [2.75, 3.05) is 6.54 Å². The lowest BCUT2D eigenvalue weighted by Gasteiger charge is -2.12. The number of hydrogen-bond acceptors (Lipinski definition) is 2. The van der Waals surface area contributed by atoms with E-state index in [-0.39, 0.29) is 6.04 Å². The number of rotatable bonds is 13. The summed E-state index contributed by atoms with van der Waals surface area (Å²) in [7, 11) is 0. The fourth-order valence-electron chi connectivity index (χ4n) is 3.04. The molecule has 1 rings (SSSR count). The molecule has 0 aromatic heterocycles. The number of unbranched alkanes of at least 4 members (excludes halogenated alkanes) is 7. The van der Waals surface area contributed by atoms with E-state index in [1.54, 1.807) is 0 Å². The van der Waals surface area contributed by atoms with Crippen LogP contribution in [0.2, 0.25) is 0 Å². The van der Waals surface area contributed by atoms with Crippen molar-refractivity contribution in [3.63, 3.8) is 0 Å². The Hall–Kier alpha value is -1.74. The summed E-state index contributed by atoms with van der Waals surface area (Å²) in [6, 6.07) is 8.01. The molecule has 1 aromatic rings. The van der Waals surface area contributed by atoms with Crippen LogP contribution in [-0.2, 0) is 0 Å². The number of hydrogen-bond donors (Lipinski definition) is 2. The first kappa shape index (κ1) is 24.3. The maximum Gasteiger partial charge on any atom is 0.141 e. The van der Waals surface area contributed by atoms with Crippen molar-refractivity contribution in [2.24, 2.45) is 0 Å². The lowest BCUT2D eigenvalue weighted by Crippen LogP contribution is -2.28. The van der Waals surface area contributed by atoms with E-state index < -0.39 is 6.10 Å². The van der Waals surface area contributed by atoms with E-state index in [0.717, 1.165) is 18.5 Å². The zero-order valence-electron chi connectivity index (χ0n) is 18.2. The average molecular weight is 382 g/mol. The Balaban J connectivity index is 2.46. The first-order valence-corrected chi connectivity index (χ1v) is 11.2. The van der Waals surface area contributed by atoms with Gasteiger partial charge in [-0.3, -0.25) is 0 Å². The molecule has 2 nitrogen and oxygen atoms in total. The predicted molar refractivity (Wildman–Crippen MR) is 121 cm³/mol. The Morgan fingerprint density at radius 1 is 0.821 bits per heavy atom. The van der Waals surface area contributed by atoms with E-state index in [9.17, 15) is 5.11 Å². The number of aliphatic hydroxyl groups is 1. The molecule has 0 aliphatic carbocycles. The molecule has 0 aliphatic heterocycles. The largest absolute Gasteiger partial charge is 0.376 e. The Morgan fingerprint density at radius 2 is 1.43 bits per heavy atom. The van der Waals surface area contributed by atoms with Crippen LogP contribution >= 0.6 is 0 Å². The molecule has 2 N–H and O–H groups in total. The van der Waals surface area contributed by atoms with Crippen LogP contribution in [0.3, 0.4) is 0 Å². The van der Waals surface area contributed by atoms with E-state index in [0.29, 0.717) is 0 Å². The zero-order chi connectivity index (χ0) is 20.5. The highest BCUT2D eigenvalue weighted by atomic mass is 16.3. The van der Waals surface area contributed by atoms with E-state index in [1.807, 2.05) is 31.2 Å². The van der Waals surface area contributed by atoms with Gasteiger partial charge in [-0.15, -0.1) is 0 Å². The summed E-state index contributed by atoms with van der Waals surface area (Å²) in [4.78, 5) is 0. The van der Waals surface area contributed by atoms with Crippen LogP contribution in [0.15, 0.2) is 24.3 Å². The molecule has 0 saturated heterocycles. The van der Waals surface area contributed by atoms with Crippen LogP contribution in [0, 0.1) is 30.6 Å². The maximum atomic E-state index is 10.2. The van der Waals surface area contributed by atoms with Crippen molar-refractivity contribution in [3.05, 3.63) is 35.4 Å². The molecule has 0 bridgehead atoms. The third-order valence-electron chi connectivity index (χ3n) is 4.93. The fourth-order valence-corrected chi connectivity index (χ4v) is 3.04. The van der Waals surface area contributed by atoms with E-state index in [1.165, 1.54) is 63.4 Å². The average Bonchev–Trinajstić information content (AvgIpc) is 2.70. The summed E-state index contributed by atoms with van der Waals surface area (Å²) >= 11 is 0. The van der Waals surface area contributed by atoms with E-state index in [2.05, 4.69) is 42.8 Å². The second-order valence-electron chi connectivity index (χ2n) is 7.62. The first-order chi connectivity index (χ1) is 13.7. The number of nitrogens with one attached hydrogen (secondary N) is 1. The van der Waals surface area contributed by atoms with Gasteiger partial charge in [0.2, 0.25) is 0 Å². The third kappa shape index (κ3) is 11.9. The predicted octanol–water partition coefficient (Wildman–Crippen LogP) is 5.93. The van der Waals surface area contributed by atoms with Crippen molar-refractivity contribution in [1.29, 1.82) is 0 Å². The normalized spacial score (nSPS) is 12.4. The molecule has 0 fully saturated rings. The number of benzene rings is 1. The highest BCUT2D eigenvalue weighted by Gasteiger charge is 2.04. The molecule has 154 valence electrons. The van der Waals surface area contributed by atoms with Crippen LogP contribution < -0.4 is 5.32 Å². The minimum Gasteiger partial charge on any atom is -0.376 e. The lowest BCUT2D eigenvalue weighted by atomic mass is 10.0. The van der Waals surface area contributed by atoms with Crippen molar-refractivity contribution in [1.82, 2.24) is 5.32 Å². The van der Waals surface area contributed by atoms with E-state index in [4.69, 9.17) is 0 Å². The quantitative estimate of drug-likeness (QED) is 0.328. The summed E-state index contributed by atoms with van der Waals surface area (Å²) in [5.41, 5.74) is 2.00. The van der Waals surface area contributed by atoms with Gasteiger partial charge in [-0.1, -0.05) is 107 Å².